The van der Waals surface area contributed by atoms with E-state index >= 15 is 0 Å². The summed E-state index contributed by atoms with van der Waals surface area (Å²) >= 11 is 18.7. The van der Waals surface area contributed by atoms with Crippen LogP contribution in [0.4, 0.5) is 5.69 Å². The van der Waals surface area contributed by atoms with Crippen LogP contribution in [0.25, 0.3) is 0 Å². The predicted molar refractivity (Wildman–Crippen MR) is 118 cm³/mol. The fourth-order valence-corrected chi connectivity index (χ4v) is 5.13. The molecule has 164 valence electrons. The van der Waals surface area contributed by atoms with Crippen molar-refractivity contribution in [3.8, 4) is 0 Å². The number of fused-ring (bicyclic) bond motifs is 4. The lowest BCUT2D eigenvalue weighted by molar-refractivity contribution is -0.385. The molecule has 8 nitrogen and oxygen atoms in total. The van der Waals surface area contributed by atoms with Crippen LogP contribution >= 0.6 is 34.8 Å². The molecule has 2 aliphatic rings. The minimum atomic E-state index is -1.87. The number of pyridine rings is 1. The number of nitro benzene ring substituents is 1. The Morgan fingerprint density at radius 1 is 1.13 bits per heavy atom. The largest absolute Gasteiger partial charge is 0.332 e. The second kappa shape index (κ2) is 8.43. The number of carbonyl (C=O) groups excluding carboxylic acids is 1. The van der Waals surface area contributed by atoms with Crippen LogP contribution in [0.15, 0.2) is 47.3 Å². The van der Waals surface area contributed by atoms with E-state index in [9.17, 15) is 19.7 Å². The Morgan fingerprint density at radius 2 is 1.87 bits per heavy atom. The van der Waals surface area contributed by atoms with Crippen LogP contribution < -0.4 is 10.9 Å². The molecule has 1 aromatic carbocycles. The summed E-state index contributed by atoms with van der Waals surface area (Å²) in [7, 11) is 0. The highest BCUT2D eigenvalue weighted by molar-refractivity contribution is 6.68. The maximum absolute atomic E-state index is 12.9. The van der Waals surface area contributed by atoms with Crippen LogP contribution in [0.5, 0.6) is 0 Å². The zero-order valence-electron chi connectivity index (χ0n) is 16.2. The van der Waals surface area contributed by atoms with Gasteiger partial charge in [-0.1, -0.05) is 53.0 Å². The number of nitrogens with zero attached hydrogens (tertiary/aromatic N) is 3. The third-order valence-corrected chi connectivity index (χ3v) is 6.42. The highest BCUT2D eigenvalue weighted by Gasteiger charge is 2.44. The maximum Gasteiger partial charge on any atom is 0.282 e. The predicted octanol–water partition coefficient (Wildman–Crippen LogP) is 3.30. The Balaban J connectivity index is 1.61. The minimum absolute atomic E-state index is 0.0386. The molecular formula is C20H19Cl3N4O4. The molecule has 1 amide bonds. The number of aromatic nitrogens is 1. The third-order valence-electron chi connectivity index (χ3n) is 5.80. The molecule has 4 rings (SSSR count). The van der Waals surface area contributed by atoms with E-state index in [2.05, 4.69) is 5.32 Å². The molecule has 3 heterocycles. The fraction of sp³-hybridized carbons (Fsp3) is 0.400. The van der Waals surface area contributed by atoms with Crippen molar-refractivity contribution < 1.29 is 9.72 Å². The second-order valence-corrected chi connectivity index (χ2v) is 10.2. The SMILES string of the molecule is O=C(N[C@H](N1C[C@@H]2C[C@H](C1)c1cccc(=O)n1C2)C(Cl)(Cl)Cl)c1ccccc1[N+](=O)[O-]. The summed E-state index contributed by atoms with van der Waals surface area (Å²) in [5.74, 6) is -0.514. The van der Waals surface area contributed by atoms with Crippen molar-refractivity contribution in [3.63, 3.8) is 0 Å². The van der Waals surface area contributed by atoms with E-state index in [1.807, 2.05) is 11.0 Å². The fourth-order valence-electron chi connectivity index (χ4n) is 4.55. The summed E-state index contributed by atoms with van der Waals surface area (Å²) < 4.78 is -0.0896. The van der Waals surface area contributed by atoms with Gasteiger partial charge in [0.2, 0.25) is 3.79 Å². The number of amides is 1. The number of hydrogen-bond acceptors (Lipinski definition) is 5. The van der Waals surface area contributed by atoms with E-state index in [4.69, 9.17) is 34.8 Å². The molecule has 3 atom stereocenters. The van der Waals surface area contributed by atoms with Gasteiger partial charge in [-0.25, -0.2) is 0 Å². The van der Waals surface area contributed by atoms with Gasteiger partial charge in [-0.3, -0.25) is 24.6 Å². The smallest absolute Gasteiger partial charge is 0.282 e. The van der Waals surface area contributed by atoms with Gasteiger partial charge in [0.15, 0.2) is 0 Å². The number of likely N-dealkylation sites (tertiary alicyclic amines) is 1. The molecule has 1 saturated heterocycles. The first-order chi connectivity index (χ1) is 14.6. The zero-order chi connectivity index (χ0) is 22.3. The van der Waals surface area contributed by atoms with Crippen LogP contribution in [-0.2, 0) is 6.54 Å². The van der Waals surface area contributed by atoms with E-state index in [1.54, 1.807) is 16.7 Å². The molecule has 31 heavy (non-hydrogen) atoms. The van der Waals surface area contributed by atoms with Crippen LogP contribution in [-0.4, -0.2) is 43.3 Å². The Hall–Kier alpha value is -2.13. The Kier molecular flexibility index (Phi) is 6.00. The second-order valence-electron chi connectivity index (χ2n) is 7.84. The number of para-hydroxylation sites is 1. The molecule has 0 aliphatic carbocycles. The van der Waals surface area contributed by atoms with E-state index in [0.717, 1.165) is 12.1 Å². The van der Waals surface area contributed by atoms with Crippen molar-refractivity contribution in [2.24, 2.45) is 5.92 Å². The topological polar surface area (TPSA) is 97.5 Å². The number of nitro groups is 1. The molecule has 1 aromatic heterocycles. The van der Waals surface area contributed by atoms with Gasteiger partial charge in [-0.2, -0.15) is 0 Å². The van der Waals surface area contributed by atoms with Crippen LogP contribution in [0.3, 0.4) is 0 Å². The van der Waals surface area contributed by atoms with Gasteiger partial charge >= 0.3 is 0 Å². The Morgan fingerprint density at radius 3 is 2.58 bits per heavy atom. The Labute approximate surface area is 192 Å². The number of carbonyl (C=O) groups is 1. The number of alkyl halides is 3. The normalized spacial score (nSPS) is 21.8. The summed E-state index contributed by atoms with van der Waals surface area (Å²) in [6.45, 7) is 1.52. The van der Waals surface area contributed by atoms with Gasteiger partial charge in [-0.05, 0) is 24.5 Å². The van der Waals surface area contributed by atoms with Gasteiger partial charge in [-0.15, -0.1) is 0 Å². The van der Waals surface area contributed by atoms with Gasteiger partial charge in [0, 0.05) is 43.4 Å². The van der Waals surface area contributed by atoms with Crippen molar-refractivity contribution in [3.05, 3.63) is 74.2 Å². The van der Waals surface area contributed by atoms with Crippen LogP contribution in [0.1, 0.15) is 28.4 Å². The van der Waals surface area contributed by atoms with Crippen molar-refractivity contribution in [2.45, 2.75) is 28.8 Å². The molecule has 2 bridgehead atoms. The molecule has 1 fully saturated rings. The molecule has 2 aliphatic heterocycles. The molecule has 0 radical (unpaired) electrons. The molecule has 1 N–H and O–H groups in total. The number of benzene rings is 1. The van der Waals surface area contributed by atoms with Crippen molar-refractivity contribution in [2.75, 3.05) is 13.1 Å². The lowest BCUT2D eigenvalue weighted by Crippen LogP contribution is -2.60. The Bertz CT molecular complexity index is 1080. The molecule has 0 unspecified atom stereocenters. The van der Waals surface area contributed by atoms with Crippen LogP contribution in [0, 0.1) is 16.0 Å². The van der Waals surface area contributed by atoms with Crippen LogP contribution in [0.2, 0.25) is 0 Å². The first kappa shape index (κ1) is 22.1. The zero-order valence-corrected chi connectivity index (χ0v) is 18.5. The maximum atomic E-state index is 12.9. The summed E-state index contributed by atoms with van der Waals surface area (Å²) in [4.78, 5) is 37.7. The number of rotatable bonds is 4. The van der Waals surface area contributed by atoms with E-state index < -0.39 is 20.8 Å². The van der Waals surface area contributed by atoms with Crippen molar-refractivity contribution >= 4 is 46.4 Å². The number of halogens is 3. The number of nitrogens with one attached hydrogen (secondary N) is 1. The monoisotopic (exact) mass is 484 g/mol. The molecular weight excluding hydrogens is 467 g/mol. The third kappa shape index (κ3) is 4.43. The first-order valence-electron chi connectivity index (χ1n) is 9.70. The molecule has 0 saturated carbocycles. The summed E-state index contributed by atoms with van der Waals surface area (Å²) in [6.07, 6.45) is -0.109. The average Bonchev–Trinajstić information content (AvgIpc) is 2.71. The summed E-state index contributed by atoms with van der Waals surface area (Å²) in [5.41, 5.74) is 0.442. The van der Waals surface area contributed by atoms with E-state index in [-0.39, 0.29) is 28.6 Å². The molecule has 2 aromatic rings. The highest BCUT2D eigenvalue weighted by Crippen LogP contribution is 2.40. The van der Waals surface area contributed by atoms with Gasteiger partial charge in [0.1, 0.15) is 11.7 Å². The minimum Gasteiger partial charge on any atom is -0.332 e. The lowest BCUT2D eigenvalue weighted by atomic mass is 9.83. The van der Waals surface area contributed by atoms with Crippen molar-refractivity contribution in [1.82, 2.24) is 14.8 Å². The highest BCUT2D eigenvalue weighted by atomic mass is 35.6. The van der Waals surface area contributed by atoms with Gasteiger partial charge < -0.3 is 9.88 Å². The quantitative estimate of drug-likeness (QED) is 0.407. The first-order valence-corrected chi connectivity index (χ1v) is 10.8. The molecule has 11 heteroatoms. The van der Waals surface area contributed by atoms with Gasteiger partial charge in [0.25, 0.3) is 17.2 Å². The lowest BCUT2D eigenvalue weighted by Gasteiger charge is -2.47. The van der Waals surface area contributed by atoms with E-state index in [0.29, 0.717) is 19.6 Å². The summed E-state index contributed by atoms with van der Waals surface area (Å²) in [5, 5.41) is 14.0. The number of piperidine rings is 1. The van der Waals surface area contributed by atoms with Gasteiger partial charge in [0.05, 0.1) is 4.92 Å². The molecule has 0 spiro atoms. The average molecular weight is 486 g/mol. The van der Waals surface area contributed by atoms with Crippen molar-refractivity contribution in [1.29, 1.82) is 0 Å². The van der Waals surface area contributed by atoms with E-state index in [1.165, 1.54) is 24.3 Å². The summed E-state index contributed by atoms with van der Waals surface area (Å²) in [6, 6.07) is 10.8. The standard InChI is InChI=1S/C20H19Cl3N4O4/c21-20(22,23)19(24-18(29)14-4-1-2-5-16(14)27(30)31)25-9-12-8-13(11-25)15-6-3-7-17(28)26(15)10-12/h1-7,12-13,19H,8-11H2,(H,24,29)/t12-,13+,19+/m0/s1. The number of hydrogen-bond donors (Lipinski definition) is 1.